The van der Waals surface area contributed by atoms with Gasteiger partial charge in [-0.05, 0) is 29.3 Å². The van der Waals surface area contributed by atoms with Gasteiger partial charge in [-0.25, -0.2) is 0 Å². The molecule has 0 aliphatic carbocycles. The predicted molar refractivity (Wildman–Crippen MR) is 116 cm³/mol. The first-order chi connectivity index (χ1) is 14.9. The van der Waals surface area contributed by atoms with E-state index in [4.69, 9.17) is 4.74 Å². The van der Waals surface area contributed by atoms with Crippen LogP contribution in [0.2, 0.25) is 0 Å². The highest BCUT2D eigenvalue weighted by atomic mass is 16.5. The second kappa shape index (κ2) is 10.1. The van der Waals surface area contributed by atoms with Crippen molar-refractivity contribution in [2.24, 2.45) is 4.99 Å². The minimum Gasteiger partial charge on any atom is -0.374 e. The van der Waals surface area contributed by atoms with Crippen LogP contribution in [0.3, 0.4) is 0 Å². The van der Waals surface area contributed by atoms with Gasteiger partial charge in [-0.3, -0.25) is 24.9 Å². The Hall–Kier alpha value is -3.77. The van der Waals surface area contributed by atoms with Crippen molar-refractivity contribution in [3.05, 3.63) is 108 Å². The van der Waals surface area contributed by atoms with Crippen LogP contribution in [0.1, 0.15) is 22.9 Å². The average molecular weight is 395 g/mol. The molecule has 4 aromatic rings. The van der Waals surface area contributed by atoms with Crippen molar-refractivity contribution in [3.8, 4) is 11.4 Å². The lowest BCUT2D eigenvalue weighted by Crippen LogP contribution is -2.07. The maximum atomic E-state index is 5.96. The monoisotopic (exact) mass is 395 g/mol. The molecule has 3 heterocycles. The van der Waals surface area contributed by atoms with Gasteiger partial charge in [0.2, 0.25) is 0 Å². The van der Waals surface area contributed by atoms with E-state index in [-0.39, 0.29) is 6.04 Å². The fraction of sp³-hybridized carbons (Fsp3) is 0.125. The highest BCUT2D eigenvalue weighted by Gasteiger charge is 2.10. The van der Waals surface area contributed by atoms with Crippen molar-refractivity contribution < 1.29 is 4.74 Å². The molecule has 0 radical (unpaired) electrons. The molecule has 148 valence electrons. The number of rotatable bonds is 8. The molecule has 0 bridgehead atoms. The highest BCUT2D eigenvalue weighted by molar-refractivity contribution is 5.76. The van der Waals surface area contributed by atoms with Gasteiger partial charge < -0.3 is 4.74 Å². The molecule has 0 saturated carbocycles. The van der Waals surface area contributed by atoms with Crippen molar-refractivity contribution in [3.63, 3.8) is 0 Å². The first-order valence-electron chi connectivity index (χ1n) is 9.67. The molecule has 0 N–H and O–H groups in total. The van der Waals surface area contributed by atoms with E-state index in [1.807, 2.05) is 66.9 Å². The molecule has 1 aromatic carbocycles. The maximum Gasteiger partial charge on any atom is 0.0991 e. The summed E-state index contributed by atoms with van der Waals surface area (Å²) in [7, 11) is 0. The third kappa shape index (κ3) is 5.40. The Morgan fingerprint density at radius 1 is 0.800 bits per heavy atom. The van der Waals surface area contributed by atoms with E-state index in [0.717, 1.165) is 22.5 Å². The van der Waals surface area contributed by atoms with Crippen LogP contribution < -0.4 is 0 Å². The zero-order chi connectivity index (χ0) is 20.4. The zero-order valence-corrected chi connectivity index (χ0v) is 16.4. The summed E-state index contributed by atoms with van der Waals surface area (Å²) in [5.41, 5.74) is 4.50. The van der Waals surface area contributed by atoms with Gasteiger partial charge in [-0.15, -0.1) is 0 Å². The molecule has 0 amide bonds. The van der Waals surface area contributed by atoms with Gasteiger partial charge >= 0.3 is 0 Å². The van der Waals surface area contributed by atoms with Crippen LogP contribution in [0.25, 0.3) is 11.4 Å². The molecule has 3 aromatic heterocycles. The summed E-state index contributed by atoms with van der Waals surface area (Å²) in [6.45, 7) is 0.905. The Balaban J connectivity index is 1.39. The Bertz CT molecular complexity index is 1060. The summed E-state index contributed by atoms with van der Waals surface area (Å²) in [4.78, 5) is 21.8. The van der Waals surface area contributed by atoms with Crippen LogP contribution in [-0.2, 0) is 11.3 Å². The average Bonchev–Trinajstić information content (AvgIpc) is 2.83. The van der Waals surface area contributed by atoms with Crippen molar-refractivity contribution in [1.29, 1.82) is 0 Å². The van der Waals surface area contributed by atoms with Crippen molar-refractivity contribution in [2.75, 3.05) is 6.61 Å². The van der Waals surface area contributed by atoms with Crippen LogP contribution in [0.15, 0.2) is 96.6 Å². The van der Waals surface area contributed by atoms with Gasteiger partial charge in [0.1, 0.15) is 0 Å². The number of nitrogens with zero attached hydrogens (tertiary/aromatic N) is 5. The molecular formula is C24H21N5O. The van der Waals surface area contributed by atoms with E-state index in [1.165, 1.54) is 0 Å². The lowest BCUT2D eigenvalue weighted by atomic mass is 10.1. The Labute approximate surface area is 175 Å². The number of hydrogen-bond acceptors (Lipinski definition) is 6. The summed E-state index contributed by atoms with van der Waals surface area (Å²) in [6.07, 6.45) is 10.3. The topological polar surface area (TPSA) is 73.2 Å². The van der Waals surface area contributed by atoms with Gasteiger partial charge in [-0.1, -0.05) is 42.5 Å². The number of pyridine rings is 2. The predicted octanol–water partition coefficient (Wildman–Crippen LogP) is 4.31. The molecular weight excluding hydrogens is 374 g/mol. The van der Waals surface area contributed by atoms with E-state index < -0.39 is 0 Å². The van der Waals surface area contributed by atoms with E-state index in [2.05, 4.69) is 24.9 Å². The lowest BCUT2D eigenvalue weighted by Gasteiger charge is -2.13. The number of aromatic nitrogens is 4. The fourth-order valence-corrected chi connectivity index (χ4v) is 2.91. The standard InChI is InChI=1S/C24H21N5O/c1-2-6-20(7-3-1)24(29-16-21-15-25-12-13-26-21)18-30-17-19-9-10-23(28-14-19)22-8-4-5-11-27-22/h1-16,24H,17-18H2/t24-/m0/s1. The second-order valence-corrected chi connectivity index (χ2v) is 6.62. The Morgan fingerprint density at radius 2 is 1.67 bits per heavy atom. The molecule has 4 rings (SSSR count). The Morgan fingerprint density at radius 3 is 2.40 bits per heavy atom. The summed E-state index contributed by atoms with van der Waals surface area (Å²) >= 11 is 0. The van der Waals surface area contributed by atoms with Gasteiger partial charge in [0.25, 0.3) is 0 Å². The number of hydrogen-bond donors (Lipinski definition) is 0. The molecule has 6 heteroatoms. The first kappa shape index (κ1) is 19.5. The van der Waals surface area contributed by atoms with Crippen LogP contribution in [0, 0.1) is 0 Å². The lowest BCUT2D eigenvalue weighted by molar-refractivity contribution is 0.108. The number of benzene rings is 1. The molecule has 6 nitrogen and oxygen atoms in total. The van der Waals surface area contributed by atoms with Gasteiger partial charge in [0.15, 0.2) is 0 Å². The molecule has 0 spiro atoms. The smallest absolute Gasteiger partial charge is 0.0991 e. The molecule has 0 fully saturated rings. The first-order valence-corrected chi connectivity index (χ1v) is 9.67. The second-order valence-electron chi connectivity index (χ2n) is 6.62. The molecule has 1 atom stereocenters. The molecule has 0 aliphatic rings. The molecule has 0 aliphatic heterocycles. The SMILES string of the molecule is C(=N[C@@H](COCc1ccc(-c2ccccn2)nc1)c1ccccc1)c1cnccn1. The normalized spacial score (nSPS) is 12.1. The minimum atomic E-state index is -0.131. The van der Waals surface area contributed by atoms with Gasteiger partial charge in [0, 0.05) is 31.0 Å². The Kier molecular flexibility index (Phi) is 6.60. The van der Waals surface area contributed by atoms with Crippen LogP contribution in [0.4, 0.5) is 0 Å². The van der Waals surface area contributed by atoms with Crippen LogP contribution in [-0.4, -0.2) is 32.8 Å². The molecule has 30 heavy (non-hydrogen) atoms. The van der Waals surface area contributed by atoms with E-state index in [1.54, 1.807) is 31.0 Å². The summed E-state index contributed by atoms with van der Waals surface area (Å²) < 4.78 is 5.96. The highest BCUT2D eigenvalue weighted by Crippen LogP contribution is 2.19. The fourth-order valence-electron chi connectivity index (χ4n) is 2.91. The largest absolute Gasteiger partial charge is 0.374 e. The quantitative estimate of drug-likeness (QED) is 0.416. The van der Waals surface area contributed by atoms with Crippen LogP contribution >= 0.6 is 0 Å². The third-order valence-corrected chi connectivity index (χ3v) is 4.45. The molecule has 0 unspecified atom stereocenters. The van der Waals surface area contributed by atoms with Gasteiger partial charge in [-0.2, -0.15) is 0 Å². The van der Waals surface area contributed by atoms with Crippen LogP contribution in [0.5, 0.6) is 0 Å². The van der Waals surface area contributed by atoms with E-state index in [0.29, 0.717) is 18.9 Å². The summed E-state index contributed by atoms with van der Waals surface area (Å²) in [6, 6.07) is 19.7. The van der Waals surface area contributed by atoms with Crippen molar-refractivity contribution in [2.45, 2.75) is 12.6 Å². The van der Waals surface area contributed by atoms with Crippen molar-refractivity contribution in [1.82, 2.24) is 19.9 Å². The summed E-state index contributed by atoms with van der Waals surface area (Å²) in [5.74, 6) is 0. The molecule has 0 saturated heterocycles. The van der Waals surface area contributed by atoms with Gasteiger partial charge in [0.05, 0.1) is 42.5 Å². The number of aliphatic imine (C=N–C) groups is 1. The third-order valence-electron chi connectivity index (χ3n) is 4.45. The number of ether oxygens (including phenoxy) is 1. The van der Waals surface area contributed by atoms with Crippen molar-refractivity contribution >= 4 is 6.21 Å². The summed E-state index contributed by atoms with van der Waals surface area (Å²) in [5, 5.41) is 0. The van der Waals surface area contributed by atoms with E-state index >= 15 is 0 Å². The maximum absolute atomic E-state index is 5.96. The minimum absolute atomic E-state index is 0.131. The zero-order valence-electron chi connectivity index (χ0n) is 16.4. The van der Waals surface area contributed by atoms with E-state index in [9.17, 15) is 0 Å².